The maximum atomic E-state index is 13.8. The Morgan fingerprint density at radius 1 is 1.36 bits per heavy atom. The van der Waals surface area contributed by atoms with Gasteiger partial charge in [-0.2, -0.15) is 5.26 Å². The summed E-state index contributed by atoms with van der Waals surface area (Å²) in [6.45, 7) is -0.140. The minimum absolute atomic E-state index is 0.140. The molecule has 25 heavy (non-hydrogen) atoms. The molecule has 0 spiro atoms. The summed E-state index contributed by atoms with van der Waals surface area (Å²) in [4.78, 5) is 10.9. The van der Waals surface area contributed by atoms with Gasteiger partial charge in [-0.15, -0.1) is 0 Å². The minimum Gasteiger partial charge on any atom is -0.493 e. The molecule has 2 rings (SSSR count). The number of hydrogen-bond donors (Lipinski definition) is 1. The van der Waals surface area contributed by atoms with Crippen LogP contribution in [0.5, 0.6) is 11.5 Å². The van der Waals surface area contributed by atoms with Gasteiger partial charge in [0.2, 0.25) is 0 Å². The second-order valence-electron chi connectivity index (χ2n) is 4.87. The Kier molecular flexibility index (Phi) is 5.98. The van der Waals surface area contributed by atoms with Crippen molar-refractivity contribution in [2.45, 2.75) is 6.61 Å². The van der Waals surface area contributed by atoms with E-state index in [0.717, 1.165) is 0 Å². The van der Waals surface area contributed by atoms with E-state index in [9.17, 15) is 9.18 Å². The molecule has 0 saturated heterocycles. The zero-order valence-electron chi connectivity index (χ0n) is 13.1. The zero-order valence-corrected chi connectivity index (χ0v) is 13.9. The number of halogens is 2. The highest BCUT2D eigenvalue weighted by molar-refractivity contribution is 6.31. The maximum absolute atomic E-state index is 13.8. The third-order valence-electron chi connectivity index (χ3n) is 3.28. The number of carboxylic acids is 1. The first-order valence-corrected chi connectivity index (χ1v) is 7.43. The van der Waals surface area contributed by atoms with Crippen LogP contribution >= 0.6 is 11.6 Å². The van der Waals surface area contributed by atoms with Crippen LogP contribution in [0.4, 0.5) is 4.39 Å². The number of aliphatic carboxylic acids is 1. The van der Waals surface area contributed by atoms with Crippen LogP contribution in [-0.2, 0) is 11.4 Å². The summed E-state index contributed by atoms with van der Waals surface area (Å²) in [7, 11) is 1.44. The van der Waals surface area contributed by atoms with Gasteiger partial charge in [0, 0.05) is 5.56 Å². The van der Waals surface area contributed by atoms with Crippen LogP contribution in [0, 0.1) is 17.1 Å². The molecule has 0 amide bonds. The SMILES string of the molecule is COc1ccc(C=C(C#N)C(=O)O)cc1OCc1c(F)cccc1Cl. The summed E-state index contributed by atoms with van der Waals surface area (Å²) >= 11 is 5.96. The number of nitriles is 1. The third-order valence-corrected chi connectivity index (χ3v) is 3.64. The van der Waals surface area contributed by atoms with Crippen molar-refractivity contribution in [1.82, 2.24) is 0 Å². The van der Waals surface area contributed by atoms with E-state index in [1.165, 1.54) is 31.4 Å². The molecule has 128 valence electrons. The lowest BCUT2D eigenvalue weighted by atomic mass is 10.1. The number of hydrogen-bond acceptors (Lipinski definition) is 4. The number of rotatable bonds is 6. The number of ether oxygens (including phenoxy) is 2. The Morgan fingerprint density at radius 3 is 2.72 bits per heavy atom. The average Bonchev–Trinajstić information content (AvgIpc) is 2.59. The minimum atomic E-state index is -1.33. The molecule has 0 heterocycles. The van der Waals surface area contributed by atoms with Gasteiger partial charge in [0.05, 0.1) is 12.1 Å². The number of methoxy groups -OCH3 is 1. The van der Waals surface area contributed by atoms with Gasteiger partial charge in [-0.3, -0.25) is 0 Å². The van der Waals surface area contributed by atoms with E-state index in [2.05, 4.69) is 0 Å². The molecule has 7 heteroatoms. The molecule has 0 radical (unpaired) electrons. The number of benzene rings is 2. The van der Waals surface area contributed by atoms with E-state index >= 15 is 0 Å². The summed E-state index contributed by atoms with van der Waals surface area (Å²) in [6.07, 6.45) is 1.20. The molecule has 0 aliphatic rings. The first-order valence-electron chi connectivity index (χ1n) is 7.05. The molecule has 0 aromatic heterocycles. The van der Waals surface area contributed by atoms with Crippen LogP contribution in [0.1, 0.15) is 11.1 Å². The van der Waals surface area contributed by atoms with Gasteiger partial charge in [0.25, 0.3) is 0 Å². The van der Waals surface area contributed by atoms with Gasteiger partial charge >= 0.3 is 5.97 Å². The quantitative estimate of drug-likeness (QED) is 0.620. The smallest absolute Gasteiger partial charge is 0.346 e. The lowest BCUT2D eigenvalue weighted by Crippen LogP contribution is -2.01. The zero-order chi connectivity index (χ0) is 18.4. The van der Waals surface area contributed by atoms with E-state index in [1.807, 2.05) is 0 Å². The predicted octanol–water partition coefficient (Wildman–Crippen LogP) is 4.06. The van der Waals surface area contributed by atoms with Crippen molar-refractivity contribution in [2.24, 2.45) is 0 Å². The van der Waals surface area contributed by atoms with E-state index < -0.39 is 17.4 Å². The summed E-state index contributed by atoms with van der Waals surface area (Å²) in [5, 5.41) is 18.0. The first-order chi connectivity index (χ1) is 12.0. The summed E-state index contributed by atoms with van der Waals surface area (Å²) in [6, 6.07) is 10.5. The summed E-state index contributed by atoms with van der Waals surface area (Å²) in [5.74, 6) is -1.20. The first kappa shape index (κ1) is 18.3. The van der Waals surface area contributed by atoms with Gasteiger partial charge in [-0.25, -0.2) is 9.18 Å². The maximum Gasteiger partial charge on any atom is 0.346 e. The largest absolute Gasteiger partial charge is 0.493 e. The highest BCUT2D eigenvalue weighted by Crippen LogP contribution is 2.31. The second-order valence-corrected chi connectivity index (χ2v) is 5.28. The van der Waals surface area contributed by atoms with E-state index in [-0.39, 0.29) is 22.9 Å². The molecule has 0 aliphatic carbocycles. The van der Waals surface area contributed by atoms with Crippen molar-refractivity contribution in [1.29, 1.82) is 5.26 Å². The molecule has 2 aromatic rings. The normalized spacial score (nSPS) is 10.9. The van der Waals surface area contributed by atoms with Gasteiger partial charge in [0.1, 0.15) is 24.1 Å². The molecule has 0 fully saturated rings. The monoisotopic (exact) mass is 361 g/mol. The van der Waals surface area contributed by atoms with Crippen molar-refractivity contribution < 1.29 is 23.8 Å². The molecule has 0 bridgehead atoms. The van der Waals surface area contributed by atoms with Gasteiger partial charge in [-0.1, -0.05) is 23.7 Å². The van der Waals surface area contributed by atoms with Crippen molar-refractivity contribution in [3.63, 3.8) is 0 Å². The van der Waals surface area contributed by atoms with E-state index in [1.54, 1.807) is 24.3 Å². The van der Waals surface area contributed by atoms with Crippen molar-refractivity contribution >= 4 is 23.6 Å². The Labute approximate surface area is 148 Å². The highest BCUT2D eigenvalue weighted by atomic mass is 35.5. The Hall–Kier alpha value is -3.04. The van der Waals surface area contributed by atoms with Crippen LogP contribution in [0.25, 0.3) is 6.08 Å². The molecular formula is C18H13ClFNO4. The fourth-order valence-electron chi connectivity index (χ4n) is 2.02. The number of carboxylic acid groups (broad SMARTS) is 1. The lowest BCUT2D eigenvalue weighted by molar-refractivity contribution is -0.132. The molecule has 0 saturated carbocycles. The Bertz CT molecular complexity index is 854. The van der Waals surface area contributed by atoms with Gasteiger partial charge < -0.3 is 14.6 Å². The molecule has 5 nitrogen and oxygen atoms in total. The summed E-state index contributed by atoms with van der Waals surface area (Å²) < 4.78 is 24.6. The molecule has 0 aliphatic heterocycles. The Balaban J connectivity index is 2.32. The molecular weight excluding hydrogens is 349 g/mol. The molecule has 0 unspecified atom stereocenters. The number of nitrogens with zero attached hydrogens (tertiary/aromatic N) is 1. The van der Waals surface area contributed by atoms with E-state index in [0.29, 0.717) is 11.3 Å². The fraction of sp³-hybridized carbons (Fsp3) is 0.111. The van der Waals surface area contributed by atoms with E-state index in [4.69, 9.17) is 31.4 Å². The van der Waals surface area contributed by atoms with Crippen LogP contribution in [0.2, 0.25) is 5.02 Å². The van der Waals surface area contributed by atoms with Crippen molar-refractivity contribution in [2.75, 3.05) is 7.11 Å². The number of carbonyl (C=O) groups is 1. The molecule has 0 atom stereocenters. The van der Waals surface area contributed by atoms with Crippen LogP contribution < -0.4 is 9.47 Å². The predicted molar refractivity (Wildman–Crippen MR) is 90.0 cm³/mol. The van der Waals surface area contributed by atoms with Gasteiger partial charge in [0.15, 0.2) is 11.5 Å². The Morgan fingerprint density at radius 2 is 2.12 bits per heavy atom. The highest BCUT2D eigenvalue weighted by Gasteiger charge is 2.12. The van der Waals surface area contributed by atoms with Crippen LogP contribution in [0.3, 0.4) is 0 Å². The summed E-state index contributed by atoms with van der Waals surface area (Å²) in [5.41, 5.74) is 0.193. The molecule has 2 aromatic carbocycles. The van der Waals surface area contributed by atoms with Crippen LogP contribution in [-0.4, -0.2) is 18.2 Å². The van der Waals surface area contributed by atoms with Crippen molar-refractivity contribution in [3.8, 4) is 17.6 Å². The third kappa shape index (κ3) is 4.49. The fourth-order valence-corrected chi connectivity index (χ4v) is 2.24. The topological polar surface area (TPSA) is 79.5 Å². The second kappa shape index (κ2) is 8.18. The molecule has 1 N–H and O–H groups in total. The van der Waals surface area contributed by atoms with Crippen LogP contribution in [0.15, 0.2) is 42.0 Å². The average molecular weight is 362 g/mol. The van der Waals surface area contributed by atoms with Crippen molar-refractivity contribution in [3.05, 3.63) is 63.9 Å². The van der Waals surface area contributed by atoms with Gasteiger partial charge in [-0.05, 0) is 35.9 Å². The lowest BCUT2D eigenvalue weighted by Gasteiger charge is -2.13. The standard InChI is InChI=1S/C18H13ClFNO4/c1-24-16-6-5-11(7-12(9-21)18(22)23)8-17(16)25-10-13-14(19)3-2-4-15(13)20/h2-8H,10H2,1H3,(H,22,23).